The van der Waals surface area contributed by atoms with Crippen molar-refractivity contribution in [2.24, 2.45) is 0 Å². The second kappa shape index (κ2) is 20.5. The zero-order chi connectivity index (χ0) is 18.4. The Kier molecular flexibility index (Phi) is 19.2. The molecule has 138 valence electrons. The average molecular weight is 359 g/mol. The molecule has 2 heteroatoms. The summed E-state index contributed by atoms with van der Waals surface area (Å²) in [6.07, 6.45) is 36.1. The number of thioether (sulfide) groups is 1. The van der Waals surface area contributed by atoms with Crippen molar-refractivity contribution in [3.63, 3.8) is 0 Å². The standard InChI is InChI=1S/C23H34OS/c1-3-4-5-6-7-8-9-10-11-12-13-14-15-16-17-18-19-20-21-23(22-24)25-2/h4-5,7-8,10-11,13-14,16-17,19-20,22-23H,3,6,9,12,15,18,21H2,1-2H3/b5-4-,8-7-,11-10-,14-13-,17-16-,20-19-. The molecule has 0 saturated heterocycles. The van der Waals surface area contributed by atoms with Crippen LogP contribution in [0.25, 0.3) is 0 Å². The maximum Gasteiger partial charge on any atom is 0.133 e. The Labute approximate surface area is 159 Å². The molecule has 0 fully saturated rings. The fourth-order valence-electron chi connectivity index (χ4n) is 1.96. The van der Waals surface area contributed by atoms with Crippen molar-refractivity contribution in [1.82, 2.24) is 0 Å². The molecule has 0 amide bonds. The average Bonchev–Trinajstić information content (AvgIpc) is 2.64. The molecule has 0 N–H and O–H groups in total. The predicted octanol–water partition coefficient (Wildman–Crippen LogP) is 7.00. The Hall–Kier alpha value is -1.54. The molecule has 0 bridgehead atoms. The summed E-state index contributed by atoms with van der Waals surface area (Å²) < 4.78 is 0. The molecule has 0 aliphatic heterocycles. The first-order valence-electron chi connectivity index (χ1n) is 9.23. The van der Waals surface area contributed by atoms with E-state index in [0.717, 1.165) is 51.2 Å². The van der Waals surface area contributed by atoms with Crippen molar-refractivity contribution in [2.75, 3.05) is 6.26 Å². The van der Waals surface area contributed by atoms with Crippen molar-refractivity contribution < 1.29 is 4.79 Å². The van der Waals surface area contributed by atoms with Gasteiger partial charge in [0, 0.05) is 0 Å². The molecule has 1 unspecified atom stereocenters. The van der Waals surface area contributed by atoms with Gasteiger partial charge >= 0.3 is 0 Å². The van der Waals surface area contributed by atoms with Gasteiger partial charge in [0.1, 0.15) is 6.29 Å². The SMILES string of the molecule is CC/C=C\C/C=C\C/C=C\C/C=C\C/C=C\C/C=C\CC(C=O)SC. The van der Waals surface area contributed by atoms with Crippen LogP contribution < -0.4 is 0 Å². The minimum absolute atomic E-state index is 0.101. The third-order valence-electron chi connectivity index (χ3n) is 3.42. The van der Waals surface area contributed by atoms with Crippen molar-refractivity contribution in [3.8, 4) is 0 Å². The highest BCUT2D eigenvalue weighted by molar-refractivity contribution is 7.99. The molecule has 0 saturated carbocycles. The number of hydrogen-bond acceptors (Lipinski definition) is 2. The molecule has 0 heterocycles. The molecular formula is C23H34OS. The maximum absolute atomic E-state index is 10.7. The van der Waals surface area contributed by atoms with Gasteiger partial charge in [-0.2, -0.15) is 11.8 Å². The minimum atomic E-state index is 0.101. The summed E-state index contributed by atoms with van der Waals surface area (Å²) in [5, 5.41) is 0.101. The van der Waals surface area contributed by atoms with E-state index in [0.29, 0.717) is 0 Å². The molecule has 0 rings (SSSR count). The number of carbonyl (C=O) groups is 1. The first-order valence-corrected chi connectivity index (χ1v) is 10.5. The lowest BCUT2D eigenvalue weighted by molar-refractivity contribution is -0.107. The maximum atomic E-state index is 10.7. The van der Waals surface area contributed by atoms with Crippen LogP contribution in [-0.4, -0.2) is 17.8 Å². The molecule has 0 aromatic rings. The van der Waals surface area contributed by atoms with E-state index in [-0.39, 0.29) is 5.25 Å². The van der Waals surface area contributed by atoms with Crippen LogP contribution in [0.4, 0.5) is 0 Å². The van der Waals surface area contributed by atoms with Crippen LogP contribution >= 0.6 is 11.8 Å². The lowest BCUT2D eigenvalue weighted by Gasteiger charge is -2.00. The molecule has 0 aromatic carbocycles. The van der Waals surface area contributed by atoms with Gasteiger partial charge in [0.2, 0.25) is 0 Å². The summed E-state index contributed by atoms with van der Waals surface area (Å²) in [4.78, 5) is 10.7. The van der Waals surface area contributed by atoms with Gasteiger partial charge in [-0.25, -0.2) is 0 Å². The van der Waals surface area contributed by atoms with Crippen LogP contribution in [0.3, 0.4) is 0 Å². The van der Waals surface area contributed by atoms with Crippen LogP contribution in [0.1, 0.15) is 51.9 Å². The van der Waals surface area contributed by atoms with Crippen LogP contribution in [0, 0.1) is 0 Å². The highest BCUT2D eigenvalue weighted by atomic mass is 32.2. The fraction of sp³-hybridized carbons (Fsp3) is 0.435. The smallest absolute Gasteiger partial charge is 0.133 e. The zero-order valence-corrected chi connectivity index (χ0v) is 16.7. The van der Waals surface area contributed by atoms with Gasteiger partial charge in [0.15, 0.2) is 0 Å². The number of carbonyl (C=O) groups excluding carboxylic acids is 1. The number of rotatable bonds is 15. The summed E-state index contributed by atoms with van der Waals surface area (Å²) in [6, 6.07) is 0. The van der Waals surface area contributed by atoms with Crippen molar-refractivity contribution in [2.45, 2.75) is 57.1 Å². The highest BCUT2D eigenvalue weighted by Crippen LogP contribution is 2.08. The number of hydrogen-bond donors (Lipinski definition) is 0. The third-order valence-corrected chi connectivity index (χ3v) is 4.33. The van der Waals surface area contributed by atoms with E-state index in [1.54, 1.807) is 11.8 Å². The van der Waals surface area contributed by atoms with E-state index in [2.05, 4.69) is 79.8 Å². The van der Waals surface area contributed by atoms with Gasteiger partial charge in [-0.05, 0) is 51.2 Å². The highest BCUT2D eigenvalue weighted by Gasteiger charge is 1.99. The lowest BCUT2D eigenvalue weighted by atomic mass is 10.2. The lowest BCUT2D eigenvalue weighted by Crippen LogP contribution is -2.00. The summed E-state index contributed by atoms with van der Waals surface area (Å²) in [5.74, 6) is 0. The van der Waals surface area contributed by atoms with Crippen molar-refractivity contribution >= 4 is 18.0 Å². The summed E-state index contributed by atoms with van der Waals surface area (Å²) in [7, 11) is 0. The summed E-state index contributed by atoms with van der Waals surface area (Å²) in [6.45, 7) is 2.15. The molecule has 1 atom stereocenters. The van der Waals surface area contributed by atoms with Crippen molar-refractivity contribution in [3.05, 3.63) is 72.9 Å². The van der Waals surface area contributed by atoms with Crippen LogP contribution in [-0.2, 0) is 4.79 Å². The molecule has 0 radical (unpaired) electrons. The number of aldehydes is 1. The first kappa shape index (κ1) is 23.5. The Balaban J connectivity index is 3.59. The second-order valence-electron chi connectivity index (χ2n) is 5.56. The topological polar surface area (TPSA) is 17.1 Å². The van der Waals surface area contributed by atoms with E-state index >= 15 is 0 Å². The number of allylic oxidation sites excluding steroid dienone is 12. The summed E-state index contributed by atoms with van der Waals surface area (Å²) in [5.41, 5.74) is 0. The Morgan fingerprint density at radius 1 is 0.640 bits per heavy atom. The fourth-order valence-corrected chi connectivity index (χ4v) is 2.37. The third kappa shape index (κ3) is 18.6. The molecule has 0 aliphatic carbocycles. The minimum Gasteiger partial charge on any atom is -0.302 e. The Morgan fingerprint density at radius 3 is 1.32 bits per heavy atom. The van der Waals surface area contributed by atoms with Crippen molar-refractivity contribution in [1.29, 1.82) is 0 Å². The van der Waals surface area contributed by atoms with E-state index in [4.69, 9.17) is 0 Å². The second-order valence-corrected chi connectivity index (χ2v) is 6.64. The van der Waals surface area contributed by atoms with E-state index in [1.807, 2.05) is 6.26 Å². The van der Waals surface area contributed by atoms with Crippen LogP contribution in [0.2, 0.25) is 0 Å². The molecule has 0 aromatic heterocycles. The molecular weight excluding hydrogens is 324 g/mol. The predicted molar refractivity (Wildman–Crippen MR) is 116 cm³/mol. The van der Waals surface area contributed by atoms with Gasteiger partial charge in [0.05, 0.1) is 5.25 Å². The quantitative estimate of drug-likeness (QED) is 0.231. The van der Waals surface area contributed by atoms with E-state index in [1.165, 1.54) is 0 Å². The Morgan fingerprint density at radius 2 is 1.00 bits per heavy atom. The zero-order valence-electron chi connectivity index (χ0n) is 15.8. The summed E-state index contributed by atoms with van der Waals surface area (Å²) >= 11 is 1.60. The first-order chi connectivity index (χ1) is 12.3. The molecule has 0 aliphatic rings. The van der Waals surface area contributed by atoms with Gasteiger partial charge in [-0.1, -0.05) is 79.8 Å². The van der Waals surface area contributed by atoms with Gasteiger partial charge in [0.25, 0.3) is 0 Å². The van der Waals surface area contributed by atoms with E-state index in [9.17, 15) is 4.79 Å². The van der Waals surface area contributed by atoms with E-state index < -0.39 is 0 Å². The molecule has 25 heavy (non-hydrogen) atoms. The van der Waals surface area contributed by atoms with Crippen LogP contribution in [0.15, 0.2) is 72.9 Å². The molecule has 0 spiro atoms. The van der Waals surface area contributed by atoms with Gasteiger partial charge < -0.3 is 4.79 Å². The van der Waals surface area contributed by atoms with Gasteiger partial charge in [-0.15, -0.1) is 0 Å². The Bertz CT molecular complexity index is 466. The normalized spacial score (nSPS) is 14.3. The largest absolute Gasteiger partial charge is 0.302 e. The monoisotopic (exact) mass is 358 g/mol. The van der Waals surface area contributed by atoms with Gasteiger partial charge in [-0.3, -0.25) is 0 Å². The van der Waals surface area contributed by atoms with Crippen LogP contribution in [0.5, 0.6) is 0 Å². The molecule has 1 nitrogen and oxygen atoms in total.